The lowest BCUT2D eigenvalue weighted by Gasteiger charge is -2.20. The van der Waals surface area contributed by atoms with Crippen LogP contribution in [0.1, 0.15) is 39.2 Å². The molecule has 6 nitrogen and oxygen atoms in total. The van der Waals surface area contributed by atoms with E-state index in [9.17, 15) is 9.59 Å². The molecule has 1 aliphatic heterocycles. The molecule has 1 aliphatic rings. The molecule has 0 atom stereocenters. The average Bonchev–Trinajstić information content (AvgIpc) is 2.80. The van der Waals surface area contributed by atoms with Crippen LogP contribution in [0.3, 0.4) is 0 Å². The van der Waals surface area contributed by atoms with Crippen molar-refractivity contribution in [2.45, 2.75) is 45.8 Å². The second-order valence-electron chi connectivity index (χ2n) is 6.20. The van der Waals surface area contributed by atoms with E-state index < -0.39 is 11.7 Å². The van der Waals surface area contributed by atoms with Crippen LogP contribution in [0, 0.1) is 0 Å². The van der Waals surface area contributed by atoms with E-state index in [4.69, 9.17) is 9.57 Å². The van der Waals surface area contributed by atoms with E-state index in [2.05, 4.69) is 5.32 Å². The van der Waals surface area contributed by atoms with Gasteiger partial charge >= 0.3 is 6.09 Å². The fourth-order valence-corrected chi connectivity index (χ4v) is 2.07. The van der Waals surface area contributed by atoms with Gasteiger partial charge in [0.2, 0.25) is 5.91 Å². The molecule has 1 fully saturated rings. The molecule has 1 heterocycles. The van der Waals surface area contributed by atoms with Crippen molar-refractivity contribution in [1.82, 2.24) is 5.06 Å². The Morgan fingerprint density at radius 1 is 1.36 bits per heavy atom. The minimum atomic E-state index is -0.541. The highest BCUT2D eigenvalue weighted by Gasteiger charge is 2.21. The number of carbonyl (C=O) groups is 2. The number of benzene rings is 1. The highest BCUT2D eigenvalue weighted by molar-refractivity contribution is 5.84. The second kappa shape index (κ2) is 6.79. The minimum absolute atomic E-state index is 0.0167. The summed E-state index contributed by atoms with van der Waals surface area (Å²) in [5.74, 6) is 0.0167. The summed E-state index contributed by atoms with van der Waals surface area (Å²) in [5.41, 5.74) is 0.956. The topological polar surface area (TPSA) is 67.9 Å². The molecule has 2 amide bonds. The lowest BCUT2D eigenvalue weighted by atomic mass is 10.2. The van der Waals surface area contributed by atoms with Crippen LogP contribution in [0.2, 0.25) is 0 Å². The number of hydroxylamine groups is 2. The van der Waals surface area contributed by atoms with Gasteiger partial charge in [0, 0.05) is 18.7 Å². The molecule has 120 valence electrons. The quantitative estimate of drug-likeness (QED) is 0.928. The first-order valence-corrected chi connectivity index (χ1v) is 7.36. The Kier molecular flexibility index (Phi) is 5.03. The molecule has 2 rings (SSSR count). The number of ether oxygens (including phenoxy) is 1. The molecule has 0 spiro atoms. The van der Waals surface area contributed by atoms with Crippen LogP contribution >= 0.6 is 0 Å². The number of carbonyl (C=O) groups excluding carboxylic acids is 2. The lowest BCUT2D eigenvalue weighted by Crippen LogP contribution is -2.27. The third kappa shape index (κ3) is 5.04. The van der Waals surface area contributed by atoms with E-state index in [1.54, 1.807) is 12.1 Å². The highest BCUT2D eigenvalue weighted by atomic mass is 16.7. The molecular formula is C16H22N2O4. The number of amides is 2. The number of nitrogens with one attached hydrogen (secondary N) is 1. The Labute approximate surface area is 130 Å². The van der Waals surface area contributed by atoms with Crippen LogP contribution in [0.25, 0.3) is 0 Å². The first-order valence-electron chi connectivity index (χ1n) is 7.36. The molecule has 0 aromatic heterocycles. The molecule has 0 bridgehead atoms. The van der Waals surface area contributed by atoms with Crippen LogP contribution in [0.15, 0.2) is 24.3 Å². The number of rotatable bonds is 4. The second-order valence-corrected chi connectivity index (χ2v) is 6.20. The Bertz CT molecular complexity index is 551. The summed E-state index contributed by atoms with van der Waals surface area (Å²) in [7, 11) is 0. The van der Waals surface area contributed by atoms with Crippen molar-refractivity contribution in [3.8, 4) is 0 Å². The summed E-state index contributed by atoms with van der Waals surface area (Å²) in [6.45, 7) is 6.35. The zero-order chi connectivity index (χ0) is 16.2. The minimum Gasteiger partial charge on any atom is -0.444 e. The van der Waals surface area contributed by atoms with Crippen molar-refractivity contribution >= 4 is 17.7 Å². The van der Waals surface area contributed by atoms with Crippen molar-refractivity contribution < 1.29 is 19.2 Å². The zero-order valence-electron chi connectivity index (χ0n) is 13.2. The van der Waals surface area contributed by atoms with Crippen LogP contribution in [0.5, 0.6) is 0 Å². The molecule has 0 unspecified atom stereocenters. The smallest absolute Gasteiger partial charge is 0.412 e. The van der Waals surface area contributed by atoms with Crippen LogP contribution < -0.4 is 5.32 Å². The van der Waals surface area contributed by atoms with Gasteiger partial charge in [-0.05, 0) is 44.9 Å². The first kappa shape index (κ1) is 16.3. The maximum absolute atomic E-state index is 11.7. The van der Waals surface area contributed by atoms with E-state index in [0.717, 1.165) is 12.0 Å². The maximum Gasteiger partial charge on any atom is 0.412 e. The molecule has 6 heteroatoms. The summed E-state index contributed by atoms with van der Waals surface area (Å²) >= 11 is 0. The van der Waals surface area contributed by atoms with E-state index in [-0.39, 0.29) is 12.5 Å². The van der Waals surface area contributed by atoms with Crippen molar-refractivity contribution in [1.29, 1.82) is 0 Å². The van der Waals surface area contributed by atoms with Crippen LogP contribution in [0.4, 0.5) is 10.5 Å². The summed E-state index contributed by atoms with van der Waals surface area (Å²) < 4.78 is 5.20. The normalized spacial score (nSPS) is 15.0. The molecule has 1 N–H and O–H groups in total. The zero-order valence-corrected chi connectivity index (χ0v) is 13.2. The molecule has 0 radical (unpaired) electrons. The maximum atomic E-state index is 11.7. The van der Waals surface area contributed by atoms with E-state index >= 15 is 0 Å². The number of nitrogens with zero attached hydrogens (tertiary/aromatic N) is 1. The Hall–Kier alpha value is -2.08. The van der Waals surface area contributed by atoms with Gasteiger partial charge in [0.1, 0.15) is 12.2 Å². The Morgan fingerprint density at radius 2 is 2.14 bits per heavy atom. The van der Waals surface area contributed by atoms with Gasteiger partial charge in [-0.2, -0.15) is 0 Å². The fraction of sp³-hybridized carbons (Fsp3) is 0.500. The van der Waals surface area contributed by atoms with Crippen molar-refractivity contribution in [3.05, 3.63) is 29.8 Å². The number of hydrogen-bond acceptors (Lipinski definition) is 4. The number of hydrogen-bond donors (Lipinski definition) is 1. The summed E-state index contributed by atoms with van der Waals surface area (Å²) in [6.07, 6.45) is 0.875. The van der Waals surface area contributed by atoms with E-state index in [0.29, 0.717) is 18.7 Å². The third-order valence-corrected chi connectivity index (χ3v) is 2.99. The van der Waals surface area contributed by atoms with E-state index in [1.807, 2.05) is 32.9 Å². The van der Waals surface area contributed by atoms with Crippen molar-refractivity contribution in [2.24, 2.45) is 0 Å². The SMILES string of the molecule is CC(C)(C)OC(=O)Nc1cccc(CON2CCCC2=O)c1. The van der Waals surface area contributed by atoms with Crippen LogP contribution in [-0.2, 0) is 21.0 Å². The van der Waals surface area contributed by atoms with Gasteiger partial charge in [-0.1, -0.05) is 12.1 Å². The summed E-state index contributed by atoms with van der Waals surface area (Å²) in [5, 5.41) is 4.08. The average molecular weight is 306 g/mol. The molecule has 0 aliphatic carbocycles. The standard InChI is InChI=1S/C16H22N2O4/c1-16(2,3)22-15(20)17-13-7-4-6-12(10-13)11-21-18-9-5-8-14(18)19/h4,6-7,10H,5,8-9,11H2,1-3H3,(H,17,20). The largest absolute Gasteiger partial charge is 0.444 e. The van der Waals surface area contributed by atoms with Crippen LogP contribution in [-0.4, -0.2) is 29.2 Å². The van der Waals surface area contributed by atoms with Gasteiger partial charge in [-0.25, -0.2) is 9.86 Å². The molecule has 22 heavy (non-hydrogen) atoms. The fourth-order valence-electron chi connectivity index (χ4n) is 2.07. The molecule has 1 aromatic rings. The van der Waals surface area contributed by atoms with Gasteiger partial charge in [0.15, 0.2) is 0 Å². The predicted molar refractivity (Wildman–Crippen MR) is 82.0 cm³/mol. The molecule has 0 saturated carbocycles. The molecule has 1 aromatic carbocycles. The Morgan fingerprint density at radius 3 is 2.77 bits per heavy atom. The molecular weight excluding hydrogens is 284 g/mol. The lowest BCUT2D eigenvalue weighted by molar-refractivity contribution is -0.182. The summed E-state index contributed by atoms with van der Waals surface area (Å²) in [6, 6.07) is 7.26. The van der Waals surface area contributed by atoms with Gasteiger partial charge in [0.25, 0.3) is 0 Å². The predicted octanol–water partition coefficient (Wildman–Crippen LogP) is 3.09. The van der Waals surface area contributed by atoms with Gasteiger partial charge < -0.3 is 4.74 Å². The highest BCUT2D eigenvalue weighted by Crippen LogP contribution is 2.16. The first-order chi connectivity index (χ1) is 10.3. The van der Waals surface area contributed by atoms with E-state index in [1.165, 1.54) is 5.06 Å². The van der Waals surface area contributed by atoms with Gasteiger partial charge in [-0.3, -0.25) is 14.9 Å². The monoisotopic (exact) mass is 306 g/mol. The van der Waals surface area contributed by atoms with Crippen molar-refractivity contribution in [2.75, 3.05) is 11.9 Å². The van der Waals surface area contributed by atoms with Crippen molar-refractivity contribution in [3.63, 3.8) is 0 Å². The molecule has 1 saturated heterocycles. The van der Waals surface area contributed by atoms with Gasteiger partial charge in [0.05, 0.1) is 0 Å². The van der Waals surface area contributed by atoms with Gasteiger partial charge in [-0.15, -0.1) is 0 Å². The Balaban J connectivity index is 1.89. The number of anilines is 1. The summed E-state index contributed by atoms with van der Waals surface area (Å²) in [4.78, 5) is 28.7. The third-order valence-electron chi connectivity index (χ3n) is 2.99.